The molecule has 0 aliphatic carbocycles. The molecule has 0 aromatic heterocycles. The molecule has 6 heteroatoms. The van der Waals surface area contributed by atoms with Crippen LogP contribution < -0.4 is 9.47 Å². The van der Waals surface area contributed by atoms with E-state index in [0.29, 0.717) is 28.5 Å². The standard InChI is InChI=1S/C14H18ClNO4/c1-9(2)7-11(16(17)18)8-10-5-6-12(19-3)14(20-4)13(10)15/h5-6,8-9H,7H2,1-4H3. The largest absolute Gasteiger partial charge is 0.493 e. The molecular weight excluding hydrogens is 282 g/mol. The van der Waals surface area contributed by atoms with Gasteiger partial charge in [-0.05, 0) is 18.1 Å². The van der Waals surface area contributed by atoms with Gasteiger partial charge in [0.15, 0.2) is 11.5 Å². The molecule has 1 rings (SSSR count). The maximum Gasteiger partial charge on any atom is 0.247 e. The minimum absolute atomic E-state index is 0.120. The number of allylic oxidation sites excluding steroid dienone is 1. The Labute approximate surface area is 123 Å². The lowest BCUT2D eigenvalue weighted by Gasteiger charge is -2.11. The van der Waals surface area contributed by atoms with Crippen LogP contribution in [0.2, 0.25) is 5.02 Å². The average Bonchev–Trinajstić information content (AvgIpc) is 2.39. The molecule has 0 bridgehead atoms. The average molecular weight is 300 g/mol. The summed E-state index contributed by atoms with van der Waals surface area (Å²) in [5, 5.41) is 11.4. The van der Waals surface area contributed by atoms with Gasteiger partial charge in [-0.25, -0.2) is 0 Å². The van der Waals surface area contributed by atoms with Gasteiger partial charge < -0.3 is 9.47 Å². The monoisotopic (exact) mass is 299 g/mol. The number of ether oxygens (including phenoxy) is 2. The number of hydrogen-bond acceptors (Lipinski definition) is 4. The number of rotatable bonds is 6. The van der Waals surface area contributed by atoms with E-state index in [1.807, 2.05) is 13.8 Å². The third-order valence-electron chi connectivity index (χ3n) is 2.69. The number of benzene rings is 1. The fraction of sp³-hybridized carbons (Fsp3) is 0.429. The fourth-order valence-corrected chi connectivity index (χ4v) is 2.09. The van der Waals surface area contributed by atoms with Gasteiger partial charge in [0.25, 0.3) is 0 Å². The first-order valence-electron chi connectivity index (χ1n) is 6.16. The molecule has 0 spiro atoms. The lowest BCUT2D eigenvalue weighted by Crippen LogP contribution is -2.02. The lowest BCUT2D eigenvalue weighted by atomic mass is 10.1. The topological polar surface area (TPSA) is 61.6 Å². The Morgan fingerprint density at radius 3 is 2.50 bits per heavy atom. The highest BCUT2D eigenvalue weighted by Crippen LogP contribution is 2.38. The van der Waals surface area contributed by atoms with Gasteiger partial charge in [-0.1, -0.05) is 25.4 Å². The molecule has 0 atom stereocenters. The van der Waals surface area contributed by atoms with Crippen molar-refractivity contribution in [3.05, 3.63) is 38.5 Å². The predicted octanol–water partition coefficient (Wildman–Crippen LogP) is 4.02. The maximum atomic E-state index is 11.1. The van der Waals surface area contributed by atoms with Crippen molar-refractivity contribution >= 4 is 17.7 Å². The van der Waals surface area contributed by atoms with E-state index in [4.69, 9.17) is 21.1 Å². The van der Waals surface area contributed by atoms with Gasteiger partial charge in [0.2, 0.25) is 5.70 Å². The van der Waals surface area contributed by atoms with Crippen LogP contribution in [0.1, 0.15) is 25.8 Å². The minimum Gasteiger partial charge on any atom is -0.493 e. The molecule has 5 nitrogen and oxygen atoms in total. The SMILES string of the molecule is COc1ccc(C=C(CC(C)C)[N+](=O)[O-])c(Cl)c1OC. The summed E-state index contributed by atoms with van der Waals surface area (Å²) in [5.41, 5.74) is 0.658. The number of methoxy groups -OCH3 is 2. The molecule has 0 unspecified atom stereocenters. The van der Waals surface area contributed by atoms with Crippen LogP contribution in [0.3, 0.4) is 0 Å². The Bertz CT molecular complexity index is 526. The lowest BCUT2D eigenvalue weighted by molar-refractivity contribution is -0.427. The van der Waals surface area contributed by atoms with Crippen molar-refractivity contribution in [2.24, 2.45) is 5.92 Å². The van der Waals surface area contributed by atoms with Crippen molar-refractivity contribution in [3.8, 4) is 11.5 Å². The van der Waals surface area contributed by atoms with E-state index >= 15 is 0 Å². The smallest absolute Gasteiger partial charge is 0.247 e. The van der Waals surface area contributed by atoms with E-state index in [0.717, 1.165) is 0 Å². The highest BCUT2D eigenvalue weighted by Gasteiger charge is 2.17. The van der Waals surface area contributed by atoms with Crippen LogP contribution in [-0.4, -0.2) is 19.1 Å². The summed E-state index contributed by atoms with van der Waals surface area (Å²) in [4.78, 5) is 10.7. The van der Waals surface area contributed by atoms with Crippen molar-refractivity contribution in [2.45, 2.75) is 20.3 Å². The Morgan fingerprint density at radius 2 is 2.05 bits per heavy atom. The van der Waals surface area contributed by atoms with Crippen molar-refractivity contribution < 1.29 is 14.4 Å². The Kier molecular flexibility index (Phi) is 5.82. The van der Waals surface area contributed by atoms with E-state index in [-0.39, 0.29) is 16.5 Å². The van der Waals surface area contributed by atoms with Gasteiger partial charge in [0, 0.05) is 18.1 Å². The molecular formula is C14H18ClNO4. The summed E-state index contributed by atoms with van der Waals surface area (Å²) in [6.07, 6.45) is 1.85. The highest BCUT2D eigenvalue weighted by molar-refractivity contribution is 6.33. The summed E-state index contributed by atoms with van der Waals surface area (Å²) in [5.74, 6) is 1.04. The second kappa shape index (κ2) is 7.14. The van der Waals surface area contributed by atoms with Crippen LogP contribution in [0.5, 0.6) is 11.5 Å². The summed E-state index contributed by atoms with van der Waals surface area (Å²) >= 11 is 6.21. The van der Waals surface area contributed by atoms with Gasteiger partial charge in [-0.2, -0.15) is 0 Å². The molecule has 0 heterocycles. The van der Waals surface area contributed by atoms with Gasteiger partial charge in [-0.15, -0.1) is 0 Å². The van der Waals surface area contributed by atoms with E-state index in [1.165, 1.54) is 20.3 Å². The van der Waals surface area contributed by atoms with Crippen LogP contribution in [0, 0.1) is 16.0 Å². The van der Waals surface area contributed by atoms with Crippen LogP contribution in [0.15, 0.2) is 17.8 Å². The first-order valence-corrected chi connectivity index (χ1v) is 6.53. The predicted molar refractivity (Wildman–Crippen MR) is 79.0 cm³/mol. The second-order valence-electron chi connectivity index (χ2n) is 4.70. The third kappa shape index (κ3) is 3.87. The van der Waals surface area contributed by atoms with E-state index < -0.39 is 0 Å². The zero-order valence-electron chi connectivity index (χ0n) is 12.0. The molecule has 0 aliphatic heterocycles. The van der Waals surface area contributed by atoms with E-state index in [9.17, 15) is 10.1 Å². The summed E-state index contributed by atoms with van der Waals surface area (Å²) < 4.78 is 10.3. The van der Waals surface area contributed by atoms with E-state index in [1.54, 1.807) is 12.1 Å². The highest BCUT2D eigenvalue weighted by atomic mass is 35.5. The van der Waals surface area contributed by atoms with Crippen molar-refractivity contribution in [2.75, 3.05) is 14.2 Å². The Hall–Kier alpha value is -1.75. The second-order valence-corrected chi connectivity index (χ2v) is 5.07. The summed E-state index contributed by atoms with van der Waals surface area (Å²) in [6, 6.07) is 3.34. The first kappa shape index (κ1) is 16.3. The first-order chi connectivity index (χ1) is 9.40. The molecule has 110 valence electrons. The molecule has 0 N–H and O–H groups in total. The molecule has 0 amide bonds. The number of halogens is 1. The molecule has 1 aromatic rings. The van der Waals surface area contributed by atoms with Gasteiger partial charge in [0.05, 0.1) is 24.2 Å². The van der Waals surface area contributed by atoms with E-state index in [2.05, 4.69) is 0 Å². The molecule has 0 radical (unpaired) electrons. The van der Waals surface area contributed by atoms with Crippen LogP contribution >= 0.6 is 11.6 Å². The molecule has 20 heavy (non-hydrogen) atoms. The molecule has 0 saturated carbocycles. The third-order valence-corrected chi connectivity index (χ3v) is 3.08. The number of nitrogens with zero attached hydrogens (tertiary/aromatic N) is 1. The molecule has 0 saturated heterocycles. The van der Waals surface area contributed by atoms with Crippen molar-refractivity contribution in [1.29, 1.82) is 0 Å². The summed E-state index contributed by atoms with van der Waals surface area (Å²) in [6.45, 7) is 3.85. The molecule has 0 fully saturated rings. The summed E-state index contributed by atoms with van der Waals surface area (Å²) in [7, 11) is 2.98. The van der Waals surface area contributed by atoms with Crippen molar-refractivity contribution in [3.63, 3.8) is 0 Å². The Morgan fingerprint density at radius 1 is 1.40 bits per heavy atom. The number of hydrogen-bond donors (Lipinski definition) is 0. The Balaban J connectivity index is 3.28. The van der Waals surface area contributed by atoms with Crippen LogP contribution in [0.4, 0.5) is 0 Å². The van der Waals surface area contributed by atoms with Gasteiger partial charge in [0.1, 0.15) is 0 Å². The van der Waals surface area contributed by atoms with Gasteiger partial charge in [-0.3, -0.25) is 10.1 Å². The van der Waals surface area contributed by atoms with Crippen LogP contribution in [0.25, 0.3) is 6.08 Å². The number of nitro groups is 1. The quantitative estimate of drug-likeness (QED) is 0.588. The fourth-order valence-electron chi connectivity index (χ4n) is 1.80. The van der Waals surface area contributed by atoms with Gasteiger partial charge >= 0.3 is 0 Å². The minimum atomic E-state index is -0.382. The zero-order valence-corrected chi connectivity index (χ0v) is 12.7. The van der Waals surface area contributed by atoms with Crippen LogP contribution in [-0.2, 0) is 0 Å². The normalized spacial score (nSPS) is 11.6. The molecule has 0 aliphatic rings. The van der Waals surface area contributed by atoms with Crippen molar-refractivity contribution in [1.82, 2.24) is 0 Å². The maximum absolute atomic E-state index is 11.1. The zero-order chi connectivity index (χ0) is 15.3. The molecule has 1 aromatic carbocycles.